The number of aryl methyl sites for hydroxylation is 1. The minimum absolute atomic E-state index is 0.287. The lowest BCUT2D eigenvalue weighted by atomic mass is 10.0. The zero-order valence-electron chi connectivity index (χ0n) is 12.3. The molecule has 22 heavy (non-hydrogen) atoms. The van der Waals surface area contributed by atoms with E-state index in [1.54, 1.807) is 24.5 Å². The van der Waals surface area contributed by atoms with Gasteiger partial charge in [0.05, 0.1) is 12.1 Å². The second-order valence-corrected chi connectivity index (χ2v) is 6.22. The monoisotopic (exact) mass is 314 g/mol. The number of aromatic nitrogens is 1. The van der Waals surface area contributed by atoms with E-state index in [1.807, 2.05) is 29.3 Å². The molecular formula is C16H14N2O3S. The third-order valence-corrected chi connectivity index (χ3v) is 4.93. The average molecular weight is 314 g/mol. The van der Waals surface area contributed by atoms with Gasteiger partial charge in [-0.2, -0.15) is 0 Å². The number of benzene rings is 1. The number of hydrogen-bond donors (Lipinski definition) is 0. The predicted octanol–water partition coefficient (Wildman–Crippen LogP) is 3.22. The predicted molar refractivity (Wildman–Crippen MR) is 85.8 cm³/mol. The van der Waals surface area contributed by atoms with Crippen molar-refractivity contribution in [2.75, 3.05) is 11.6 Å². The Morgan fingerprint density at radius 3 is 2.91 bits per heavy atom. The Bertz CT molecular complexity index is 915. The Labute approximate surface area is 130 Å². The van der Waals surface area contributed by atoms with E-state index in [9.17, 15) is 4.79 Å². The summed E-state index contributed by atoms with van der Waals surface area (Å²) in [7, 11) is 0. The van der Waals surface area contributed by atoms with Gasteiger partial charge in [-0.25, -0.2) is 9.78 Å². The maximum atomic E-state index is 12.0. The molecule has 3 aromatic rings. The summed E-state index contributed by atoms with van der Waals surface area (Å²) < 4.78 is 11.4. The van der Waals surface area contributed by atoms with E-state index in [4.69, 9.17) is 9.15 Å². The first-order valence-electron chi connectivity index (χ1n) is 6.98. The van der Waals surface area contributed by atoms with Gasteiger partial charge in [-0.1, -0.05) is 0 Å². The van der Waals surface area contributed by atoms with Crippen molar-refractivity contribution in [2.45, 2.75) is 20.4 Å². The van der Waals surface area contributed by atoms with Crippen molar-refractivity contribution in [3.05, 3.63) is 50.8 Å². The van der Waals surface area contributed by atoms with E-state index in [-0.39, 0.29) is 5.63 Å². The van der Waals surface area contributed by atoms with Crippen LogP contribution in [0.4, 0.5) is 5.13 Å². The minimum atomic E-state index is -0.287. The van der Waals surface area contributed by atoms with Crippen LogP contribution in [0.15, 0.2) is 32.9 Å². The highest BCUT2D eigenvalue weighted by Crippen LogP contribution is 2.35. The SMILES string of the molecule is Cc1c(C)c2ccc3c(c2oc1=O)CN(c1nccs1)CO3. The Morgan fingerprint density at radius 1 is 1.27 bits per heavy atom. The van der Waals surface area contributed by atoms with Gasteiger partial charge in [0.15, 0.2) is 11.9 Å². The van der Waals surface area contributed by atoms with E-state index >= 15 is 0 Å². The molecule has 3 heterocycles. The zero-order chi connectivity index (χ0) is 15.3. The van der Waals surface area contributed by atoms with Gasteiger partial charge in [-0.15, -0.1) is 11.3 Å². The fourth-order valence-corrected chi connectivity index (χ4v) is 3.34. The molecule has 0 aliphatic carbocycles. The van der Waals surface area contributed by atoms with Gasteiger partial charge in [0, 0.05) is 22.5 Å². The smallest absolute Gasteiger partial charge is 0.339 e. The molecule has 1 aliphatic heterocycles. The van der Waals surface area contributed by atoms with Crippen LogP contribution in [-0.4, -0.2) is 11.7 Å². The van der Waals surface area contributed by atoms with Gasteiger partial charge in [-0.3, -0.25) is 0 Å². The second kappa shape index (κ2) is 4.84. The first kappa shape index (κ1) is 13.3. The van der Waals surface area contributed by atoms with E-state index in [2.05, 4.69) is 4.98 Å². The van der Waals surface area contributed by atoms with Crippen LogP contribution in [0.5, 0.6) is 5.75 Å². The van der Waals surface area contributed by atoms with Crippen LogP contribution in [0.1, 0.15) is 16.7 Å². The standard InChI is InChI=1S/C16H14N2O3S/c1-9-10(2)15(19)21-14-11(9)3-4-13-12(14)7-18(8-20-13)16-17-5-6-22-16/h3-6H,7-8H2,1-2H3. The zero-order valence-corrected chi connectivity index (χ0v) is 13.1. The molecule has 5 nitrogen and oxygen atoms in total. The lowest BCUT2D eigenvalue weighted by Gasteiger charge is -2.29. The molecule has 0 fully saturated rings. The fourth-order valence-electron chi connectivity index (χ4n) is 2.71. The van der Waals surface area contributed by atoms with Gasteiger partial charge in [-0.05, 0) is 31.5 Å². The number of fused-ring (bicyclic) bond motifs is 3. The van der Waals surface area contributed by atoms with Crippen molar-refractivity contribution in [3.63, 3.8) is 0 Å². The second-order valence-electron chi connectivity index (χ2n) is 5.34. The largest absolute Gasteiger partial charge is 0.473 e. The van der Waals surface area contributed by atoms with E-state index in [0.717, 1.165) is 27.4 Å². The summed E-state index contributed by atoms with van der Waals surface area (Å²) in [5.41, 5.74) is 2.84. The molecule has 2 aromatic heterocycles. The summed E-state index contributed by atoms with van der Waals surface area (Å²) in [5.74, 6) is 0.770. The fraction of sp³-hybridized carbons (Fsp3) is 0.250. The van der Waals surface area contributed by atoms with Crippen LogP contribution in [0.25, 0.3) is 11.0 Å². The van der Waals surface area contributed by atoms with Crippen LogP contribution < -0.4 is 15.3 Å². The van der Waals surface area contributed by atoms with Crippen molar-refractivity contribution >= 4 is 27.4 Å². The molecule has 0 saturated carbocycles. The molecule has 0 N–H and O–H groups in total. The van der Waals surface area contributed by atoms with Crippen molar-refractivity contribution in [3.8, 4) is 5.75 Å². The molecule has 0 saturated heterocycles. The first-order chi connectivity index (χ1) is 10.6. The van der Waals surface area contributed by atoms with Crippen molar-refractivity contribution < 1.29 is 9.15 Å². The molecule has 1 aliphatic rings. The maximum absolute atomic E-state index is 12.0. The molecular weight excluding hydrogens is 300 g/mol. The van der Waals surface area contributed by atoms with Gasteiger partial charge < -0.3 is 14.1 Å². The Morgan fingerprint density at radius 2 is 2.14 bits per heavy atom. The molecule has 112 valence electrons. The molecule has 6 heteroatoms. The number of thiazole rings is 1. The average Bonchev–Trinajstić information content (AvgIpc) is 3.06. The minimum Gasteiger partial charge on any atom is -0.473 e. The lowest BCUT2D eigenvalue weighted by molar-refractivity contribution is 0.289. The molecule has 0 amide bonds. The van der Waals surface area contributed by atoms with Gasteiger partial charge in [0.25, 0.3) is 0 Å². The van der Waals surface area contributed by atoms with Gasteiger partial charge in [0.2, 0.25) is 0 Å². The lowest BCUT2D eigenvalue weighted by Crippen LogP contribution is -2.32. The van der Waals surface area contributed by atoms with Crippen molar-refractivity contribution in [2.24, 2.45) is 0 Å². The van der Waals surface area contributed by atoms with E-state index < -0.39 is 0 Å². The Hall–Kier alpha value is -2.34. The number of ether oxygens (including phenoxy) is 1. The van der Waals surface area contributed by atoms with Gasteiger partial charge >= 0.3 is 5.63 Å². The van der Waals surface area contributed by atoms with E-state index in [0.29, 0.717) is 24.4 Å². The summed E-state index contributed by atoms with van der Waals surface area (Å²) in [6.07, 6.45) is 1.77. The van der Waals surface area contributed by atoms with Crippen molar-refractivity contribution in [1.29, 1.82) is 0 Å². The summed E-state index contributed by atoms with van der Waals surface area (Å²) in [5, 5.41) is 3.79. The third-order valence-electron chi connectivity index (χ3n) is 4.10. The highest BCUT2D eigenvalue weighted by molar-refractivity contribution is 7.13. The van der Waals surface area contributed by atoms with Crippen LogP contribution in [-0.2, 0) is 6.54 Å². The highest BCUT2D eigenvalue weighted by atomic mass is 32.1. The first-order valence-corrected chi connectivity index (χ1v) is 7.86. The highest BCUT2D eigenvalue weighted by Gasteiger charge is 2.23. The summed E-state index contributed by atoms with van der Waals surface area (Å²) in [6, 6.07) is 3.90. The van der Waals surface area contributed by atoms with Crippen LogP contribution in [0.2, 0.25) is 0 Å². The molecule has 0 bridgehead atoms. The molecule has 0 unspecified atom stereocenters. The quantitative estimate of drug-likeness (QED) is 0.646. The Balaban J connectivity index is 1.91. The Kier molecular flexibility index (Phi) is 2.94. The molecule has 4 rings (SSSR count). The van der Waals surface area contributed by atoms with Crippen LogP contribution in [0.3, 0.4) is 0 Å². The third kappa shape index (κ3) is 1.91. The van der Waals surface area contributed by atoms with Gasteiger partial charge in [0.1, 0.15) is 11.3 Å². The number of nitrogens with zero attached hydrogens (tertiary/aromatic N) is 2. The molecule has 1 aromatic carbocycles. The molecule has 0 atom stereocenters. The number of hydrogen-bond acceptors (Lipinski definition) is 6. The number of rotatable bonds is 1. The summed E-state index contributed by atoms with van der Waals surface area (Å²) in [6.45, 7) is 4.80. The number of anilines is 1. The molecule has 0 radical (unpaired) electrons. The maximum Gasteiger partial charge on any atom is 0.339 e. The normalized spacial score (nSPS) is 14.0. The summed E-state index contributed by atoms with van der Waals surface area (Å²) in [4.78, 5) is 18.4. The topological polar surface area (TPSA) is 55.6 Å². The van der Waals surface area contributed by atoms with E-state index in [1.165, 1.54) is 0 Å². The molecule has 0 spiro atoms. The van der Waals surface area contributed by atoms with Crippen molar-refractivity contribution in [1.82, 2.24) is 4.98 Å². The van der Waals surface area contributed by atoms with Crippen LogP contribution in [0, 0.1) is 13.8 Å². The summed E-state index contributed by atoms with van der Waals surface area (Å²) >= 11 is 1.56. The van der Waals surface area contributed by atoms with Crippen LogP contribution >= 0.6 is 11.3 Å².